The van der Waals surface area contributed by atoms with E-state index in [1.165, 1.54) is 16.0 Å². The maximum Gasteiger partial charge on any atom is 0.260 e. The summed E-state index contributed by atoms with van der Waals surface area (Å²) in [6, 6.07) is 8.16. The third-order valence-corrected chi connectivity index (χ3v) is 6.63. The monoisotopic (exact) mass is 384 g/mol. The summed E-state index contributed by atoms with van der Waals surface area (Å²) in [5.41, 5.74) is 2.47. The van der Waals surface area contributed by atoms with Crippen LogP contribution in [0.1, 0.15) is 48.1 Å². The van der Waals surface area contributed by atoms with Crippen molar-refractivity contribution in [1.29, 1.82) is 0 Å². The third kappa shape index (κ3) is 3.64. The van der Waals surface area contributed by atoms with Gasteiger partial charge >= 0.3 is 0 Å². The van der Waals surface area contributed by atoms with Crippen molar-refractivity contribution >= 4 is 21.6 Å². The zero-order chi connectivity index (χ0) is 19.0. The van der Waals surface area contributed by atoms with Gasteiger partial charge in [0.25, 0.3) is 5.56 Å². The van der Waals surface area contributed by atoms with Crippen molar-refractivity contribution in [2.45, 2.75) is 45.7 Å². The molecule has 0 saturated heterocycles. The first-order valence-electron chi connectivity index (χ1n) is 9.56. The number of fused-ring (bicyclic) bond motifs is 3. The molecular formula is C21H26N3O2S+. The van der Waals surface area contributed by atoms with Gasteiger partial charge in [0, 0.05) is 10.4 Å². The van der Waals surface area contributed by atoms with Gasteiger partial charge < -0.3 is 15.0 Å². The van der Waals surface area contributed by atoms with Gasteiger partial charge in [0.15, 0.2) is 5.82 Å². The zero-order valence-corrected chi connectivity index (χ0v) is 16.9. The van der Waals surface area contributed by atoms with Crippen LogP contribution in [0.5, 0.6) is 5.75 Å². The lowest BCUT2D eigenvalue weighted by Crippen LogP contribution is -2.83. The van der Waals surface area contributed by atoms with Gasteiger partial charge in [0.1, 0.15) is 23.2 Å². The van der Waals surface area contributed by atoms with Crippen molar-refractivity contribution in [3.8, 4) is 5.75 Å². The molecule has 2 aromatic heterocycles. The molecule has 0 amide bonds. The summed E-state index contributed by atoms with van der Waals surface area (Å²) in [4.78, 5) is 22.9. The Labute approximate surface area is 162 Å². The van der Waals surface area contributed by atoms with Crippen LogP contribution in [0.25, 0.3) is 10.2 Å². The van der Waals surface area contributed by atoms with Gasteiger partial charge in [-0.1, -0.05) is 6.92 Å². The van der Waals surface area contributed by atoms with E-state index < -0.39 is 0 Å². The van der Waals surface area contributed by atoms with E-state index in [9.17, 15) is 4.79 Å². The third-order valence-electron chi connectivity index (χ3n) is 5.48. The summed E-state index contributed by atoms with van der Waals surface area (Å²) >= 11 is 1.71. The number of methoxy groups -OCH3 is 1. The Bertz CT molecular complexity index is 1010. The maximum atomic E-state index is 12.7. The second-order valence-electron chi connectivity index (χ2n) is 7.56. The Hall–Kier alpha value is -2.18. The van der Waals surface area contributed by atoms with Gasteiger partial charge in [0.2, 0.25) is 0 Å². The highest BCUT2D eigenvalue weighted by Crippen LogP contribution is 2.35. The summed E-state index contributed by atoms with van der Waals surface area (Å²) in [6.07, 6.45) is 3.23. The molecule has 3 N–H and O–H groups in total. The molecule has 0 radical (unpaired) electrons. The van der Waals surface area contributed by atoms with Gasteiger partial charge in [-0.05, 0) is 61.9 Å². The molecule has 0 aliphatic heterocycles. The molecular weight excluding hydrogens is 358 g/mol. The average Bonchev–Trinajstić information content (AvgIpc) is 3.04. The molecule has 5 nitrogen and oxygen atoms in total. The number of thiophene rings is 1. The summed E-state index contributed by atoms with van der Waals surface area (Å²) in [5, 5.41) is 3.02. The molecule has 1 aliphatic rings. The second kappa shape index (κ2) is 7.44. The minimum Gasteiger partial charge on any atom is -0.497 e. The van der Waals surface area contributed by atoms with Crippen LogP contribution in [-0.4, -0.2) is 17.1 Å². The summed E-state index contributed by atoms with van der Waals surface area (Å²) in [6.45, 7) is 5.20. The van der Waals surface area contributed by atoms with Crippen LogP contribution >= 0.6 is 11.3 Å². The van der Waals surface area contributed by atoms with Crippen LogP contribution in [0.15, 0.2) is 29.1 Å². The summed E-state index contributed by atoms with van der Waals surface area (Å²) < 4.78 is 5.20. The number of aryl methyl sites for hydroxylation is 1. The Morgan fingerprint density at radius 1 is 1.37 bits per heavy atom. The summed E-state index contributed by atoms with van der Waals surface area (Å²) in [7, 11) is 1.67. The van der Waals surface area contributed by atoms with Gasteiger partial charge in [-0.15, -0.1) is 11.3 Å². The average molecular weight is 385 g/mol. The van der Waals surface area contributed by atoms with Gasteiger partial charge in [-0.3, -0.25) is 4.79 Å². The Morgan fingerprint density at radius 2 is 2.15 bits per heavy atom. The number of quaternary nitrogens is 1. The minimum atomic E-state index is 0.0201. The normalized spacial score (nSPS) is 17.7. The van der Waals surface area contributed by atoms with E-state index in [1.54, 1.807) is 18.4 Å². The molecule has 0 fully saturated rings. The molecule has 142 valence electrons. The Balaban J connectivity index is 1.55. The van der Waals surface area contributed by atoms with Crippen LogP contribution in [0, 0.1) is 5.92 Å². The lowest BCUT2D eigenvalue weighted by molar-refractivity contribution is -0.709. The van der Waals surface area contributed by atoms with Crippen molar-refractivity contribution in [2.24, 2.45) is 5.92 Å². The predicted octanol–water partition coefficient (Wildman–Crippen LogP) is 2.94. The largest absolute Gasteiger partial charge is 0.497 e. The topological polar surface area (TPSA) is 71.6 Å². The fourth-order valence-corrected chi connectivity index (χ4v) is 5.16. The molecule has 0 bridgehead atoms. The summed E-state index contributed by atoms with van der Waals surface area (Å²) in [5.74, 6) is 2.31. The van der Waals surface area contributed by atoms with Gasteiger partial charge in [-0.2, -0.15) is 0 Å². The van der Waals surface area contributed by atoms with Crippen molar-refractivity contribution in [1.82, 2.24) is 9.97 Å². The second-order valence-corrected chi connectivity index (χ2v) is 8.64. The molecule has 27 heavy (non-hydrogen) atoms. The predicted molar refractivity (Wildman–Crippen MR) is 108 cm³/mol. The van der Waals surface area contributed by atoms with E-state index in [0.29, 0.717) is 5.92 Å². The quantitative estimate of drug-likeness (QED) is 0.710. The molecule has 0 unspecified atom stereocenters. The first kappa shape index (κ1) is 18.2. The number of nitrogens with zero attached hydrogens (tertiary/aromatic N) is 1. The first-order chi connectivity index (χ1) is 13.0. The number of aromatic amines is 1. The lowest BCUT2D eigenvalue weighted by atomic mass is 9.89. The standard InChI is InChI=1S/C21H25N3O2S/c1-12-4-9-16-17(10-12)27-21-18(16)20(25)23-19(24-21)13(2)22-11-14-5-7-15(26-3)8-6-14/h5-8,12-13,22H,4,9-11H2,1-3H3,(H,23,24,25)/p+1/t12-,13-/m1/s1. The van der Waals surface area contributed by atoms with E-state index >= 15 is 0 Å². The highest BCUT2D eigenvalue weighted by molar-refractivity contribution is 7.18. The number of hydrogen-bond donors (Lipinski definition) is 2. The first-order valence-corrected chi connectivity index (χ1v) is 10.4. The van der Waals surface area contributed by atoms with Crippen LogP contribution < -0.4 is 15.6 Å². The van der Waals surface area contributed by atoms with Crippen molar-refractivity contribution in [3.63, 3.8) is 0 Å². The highest BCUT2D eigenvalue weighted by Gasteiger charge is 2.24. The molecule has 2 atom stereocenters. The maximum absolute atomic E-state index is 12.7. The fraction of sp³-hybridized carbons (Fsp3) is 0.429. The molecule has 0 spiro atoms. The number of hydrogen-bond acceptors (Lipinski definition) is 4. The van der Waals surface area contributed by atoms with Crippen LogP contribution in [-0.2, 0) is 19.4 Å². The molecule has 1 aromatic carbocycles. The van der Waals surface area contributed by atoms with Gasteiger partial charge in [-0.25, -0.2) is 4.98 Å². The van der Waals surface area contributed by atoms with Crippen LogP contribution in [0.3, 0.4) is 0 Å². The number of H-pyrrole nitrogens is 1. The smallest absolute Gasteiger partial charge is 0.260 e. The lowest BCUT2D eigenvalue weighted by Gasteiger charge is -2.17. The van der Waals surface area contributed by atoms with Crippen molar-refractivity contribution in [3.05, 3.63) is 56.4 Å². The van der Waals surface area contributed by atoms with E-state index in [1.807, 2.05) is 12.1 Å². The number of nitrogens with one attached hydrogen (secondary N) is 1. The minimum absolute atomic E-state index is 0.0201. The van der Waals surface area contributed by atoms with Crippen LogP contribution in [0.4, 0.5) is 0 Å². The highest BCUT2D eigenvalue weighted by atomic mass is 32.1. The molecule has 3 aromatic rings. The molecule has 4 rings (SSSR count). The Kier molecular flexibility index (Phi) is 5.02. The molecule has 2 heterocycles. The number of aromatic nitrogens is 2. The Morgan fingerprint density at radius 3 is 2.89 bits per heavy atom. The fourth-order valence-electron chi connectivity index (χ4n) is 3.77. The number of ether oxygens (including phenoxy) is 1. The van der Waals surface area contributed by atoms with E-state index in [4.69, 9.17) is 9.72 Å². The molecule has 1 aliphatic carbocycles. The van der Waals surface area contributed by atoms with E-state index in [2.05, 4.69) is 36.3 Å². The van der Waals surface area contributed by atoms with Crippen molar-refractivity contribution < 1.29 is 10.1 Å². The number of rotatable bonds is 5. The van der Waals surface area contributed by atoms with Gasteiger partial charge in [0.05, 0.1) is 12.5 Å². The number of benzene rings is 1. The molecule has 6 heteroatoms. The SMILES string of the molecule is COc1ccc(C[NH2+][C@H](C)c2nc3sc4c(c3c(=O)[nH]2)CC[C@@H](C)C4)cc1. The zero-order valence-electron chi connectivity index (χ0n) is 16.0. The van der Waals surface area contributed by atoms with E-state index in [0.717, 1.165) is 47.6 Å². The van der Waals surface area contributed by atoms with E-state index in [-0.39, 0.29) is 11.6 Å². The molecule has 0 saturated carbocycles. The number of nitrogens with two attached hydrogens (primary N) is 1. The van der Waals surface area contributed by atoms with Crippen molar-refractivity contribution in [2.75, 3.05) is 7.11 Å². The van der Waals surface area contributed by atoms with Crippen LogP contribution in [0.2, 0.25) is 0 Å².